The topological polar surface area (TPSA) is 86.5 Å². The van der Waals surface area contributed by atoms with Gasteiger partial charge in [-0.15, -0.1) is 0 Å². The monoisotopic (exact) mass is 289 g/mol. The number of anilines is 1. The molecule has 110 valence electrons. The molecule has 1 aliphatic rings. The van der Waals surface area contributed by atoms with E-state index in [1.165, 1.54) is 6.20 Å². The SMILES string of the molecule is Cc1cc(NC(=O)c2ccnc(O[C@@H]3CCOC3)c2)no1. The molecule has 0 spiro atoms. The second-order valence-electron chi connectivity index (χ2n) is 4.76. The maximum atomic E-state index is 12.1. The molecule has 0 aliphatic carbocycles. The third-order valence-corrected chi connectivity index (χ3v) is 3.04. The highest BCUT2D eigenvalue weighted by Gasteiger charge is 2.18. The molecule has 3 rings (SSSR count). The molecule has 1 saturated heterocycles. The smallest absolute Gasteiger partial charge is 0.257 e. The van der Waals surface area contributed by atoms with Gasteiger partial charge in [0, 0.05) is 30.3 Å². The van der Waals surface area contributed by atoms with Crippen molar-refractivity contribution < 1.29 is 18.8 Å². The van der Waals surface area contributed by atoms with E-state index in [-0.39, 0.29) is 12.0 Å². The molecular weight excluding hydrogens is 274 g/mol. The van der Waals surface area contributed by atoms with Gasteiger partial charge in [-0.25, -0.2) is 4.98 Å². The first-order valence-corrected chi connectivity index (χ1v) is 6.66. The van der Waals surface area contributed by atoms with Crippen LogP contribution in [-0.4, -0.2) is 35.4 Å². The second-order valence-corrected chi connectivity index (χ2v) is 4.76. The first-order chi connectivity index (χ1) is 10.2. The van der Waals surface area contributed by atoms with Crippen LogP contribution in [0.4, 0.5) is 5.82 Å². The average molecular weight is 289 g/mol. The summed E-state index contributed by atoms with van der Waals surface area (Å²) in [5, 5.41) is 6.36. The van der Waals surface area contributed by atoms with Crippen molar-refractivity contribution in [2.75, 3.05) is 18.5 Å². The number of aromatic nitrogens is 2. The maximum Gasteiger partial charge on any atom is 0.257 e. The Hall–Kier alpha value is -2.41. The van der Waals surface area contributed by atoms with Crippen LogP contribution < -0.4 is 10.1 Å². The van der Waals surface area contributed by atoms with Crippen molar-refractivity contribution in [3.8, 4) is 5.88 Å². The van der Waals surface area contributed by atoms with Gasteiger partial charge in [-0.2, -0.15) is 0 Å². The molecule has 1 N–H and O–H groups in total. The summed E-state index contributed by atoms with van der Waals surface area (Å²) in [7, 11) is 0. The summed E-state index contributed by atoms with van der Waals surface area (Å²) in [5.74, 6) is 1.12. The lowest BCUT2D eigenvalue weighted by Crippen LogP contribution is -2.17. The van der Waals surface area contributed by atoms with Crippen molar-refractivity contribution in [1.82, 2.24) is 10.1 Å². The molecule has 1 amide bonds. The standard InChI is InChI=1S/C14H15N3O4/c1-9-6-12(17-21-9)16-14(18)10-2-4-15-13(7-10)20-11-3-5-19-8-11/h2,4,6-7,11H,3,5,8H2,1H3,(H,16,17,18)/t11-/m1/s1. The van der Waals surface area contributed by atoms with E-state index >= 15 is 0 Å². The van der Waals surface area contributed by atoms with Gasteiger partial charge in [0.25, 0.3) is 5.91 Å². The van der Waals surface area contributed by atoms with Crippen molar-refractivity contribution in [2.45, 2.75) is 19.4 Å². The highest BCUT2D eigenvalue weighted by Crippen LogP contribution is 2.16. The molecule has 2 aromatic heterocycles. The lowest BCUT2D eigenvalue weighted by molar-refractivity contribution is 0.102. The zero-order valence-corrected chi connectivity index (χ0v) is 11.5. The Kier molecular flexibility index (Phi) is 3.83. The van der Waals surface area contributed by atoms with Gasteiger partial charge in [0.05, 0.1) is 13.2 Å². The van der Waals surface area contributed by atoms with Crippen molar-refractivity contribution in [1.29, 1.82) is 0 Å². The summed E-state index contributed by atoms with van der Waals surface area (Å²) in [6, 6.07) is 4.85. The van der Waals surface area contributed by atoms with E-state index in [4.69, 9.17) is 14.0 Å². The van der Waals surface area contributed by atoms with Crippen LogP contribution in [0.1, 0.15) is 22.5 Å². The molecule has 0 aromatic carbocycles. The Labute approximate surface area is 121 Å². The number of ether oxygens (including phenoxy) is 2. The molecule has 1 atom stereocenters. The zero-order chi connectivity index (χ0) is 14.7. The molecule has 0 saturated carbocycles. The van der Waals surface area contributed by atoms with Crippen LogP contribution in [0.5, 0.6) is 5.88 Å². The van der Waals surface area contributed by atoms with E-state index in [9.17, 15) is 4.79 Å². The fraction of sp³-hybridized carbons (Fsp3) is 0.357. The van der Waals surface area contributed by atoms with E-state index in [0.717, 1.165) is 6.42 Å². The molecule has 2 aromatic rings. The first-order valence-electron chi connectivity index (χ1n) is 6.66. The number of nitrogens with one attached hydrogen (secondary N) is 1. The Morgan fingerprint density at radius 3 is 3.10 bits per heavy atom. The van der Waals surface area contributed by atoms with Crippen LogP contribution >= 0.6 is 0 Å². The number of rotatable bonds is 4. The number of hydrogen-bond donors (Lipinski definition) is 1. The molecule has 21 heavy (non-hydrogen) atoms. The molecule has 7 heteroatoms. The number of amides is 1. The molecule has 0 bridgehead atoms. The summed E-state index contributed by atoms with van der Waals surface area (Å²) >= 11 is 0. The minimum Gasteiger partial charge on any atom is -0.472 e. The first kappa shape index (κ1) is 13.6. The van der Waals surface area contributed by atoms with Crippen LogP contribution in [0.25, 0.3) is 0 Å². The summed E-state index contributed by atoms with van der Waals surface area (Å²) < 4.78 is 15.8. The Morgan fingerprint density at radius 2 is 2.38 bits per heavy atom. The van der Waals surface area contributed by atoms with Gasteiger partial charge in [-0.1, -0.05) is 5.16 Å². The summed E-state index contributed by atoms with van der Waals surface area (Å²) in [5.41, 5.74) is 0.444. The highest BCUT2D eigenvalue weighted by molar-refractivity contribution is 6.03. The van der Waals surface area contributed by atoms with Crippen LogP contribution in [0.2, 0.25) is 0 Å². The van der Waals surface area contributed by atoms with Crippen molar-refractivity contribution in [3.63, 3.8) is 0 Å². The molecule has 3 heterocycles. The number of carbonyl (C=O) groups excluding carboxylic acids is 1. The third kappa shape index (κ3) is 3.38. The van der Waals surface area contributed by atoms with Crippen molar-refractivity contribution in [3.05, 3.63) is 35.7 Å². The predicted octanol–water partition coefficient (Wildman–Crippen LogP) is 1.80. The Balaban J connectivity index is 1.68. The van der Waals surface area contributed by atoms with Gasteiger partial charge in [0.15, 0.2) is 5.82 Å². The number of pyridine rings is 1. The second kappa shape index (κ2) is 5.92. The summed E-state index contributed by atoms with van der Waals surface area (Å²) in [6.07, 6.45) is 2.36. The fourth-order valence-electron chi connectivity index (χ4n) is 2.01. The minimum absolute atomic E-state index is 0.00555. The fourth-order valence-corrected chi connectivity index (χ4v) is 2.01. The van der Waals surface area contributed by atoms with Gasteiger partial charge in [-0.3, -0.25) is 4.79 Å². The minimum atomic E-state index is -0.293. The number of nitrogens with zero attached hydrogens (tertiary/aromatic N) is 2. The summed E-state index contributed by atoms with van der Waals surface area (Å²) in [4.78, 5) is 16.2. The normalized spacial score (nSPS) is 17.7. The Morgan fingerprint density at radius 1 is 1.48 bits per heavy atom. The number of hydrogen-bond acceptors (Lipinski definition) is 6. The lowest BCUT2D eigenvalue weighted by Gasteiger charge is -2.11. The summed E-state index contributed by atoms with van der Waals surface area (Å²) in [6.45, 7) is 3.00. The highest BCUT2D eigenvalue weighted by atomic mass is 16.5. The van der Waals surface area contributed by atoms with Crippen LogP contribution in [0.15, 0.2) is 28.9 Å². The molecule has 1 fully saturated rings. The molecule has 0 radical (unpaired) electrons. The molecular formula is C14H15N3O4. The lowest BCUT2D eigenvalue weighted by atomic mass is 10.2. The van der Waals surface area contributed by atoms with Gasteiger partial charge in [0.1, 0.15) is 11.9 Å². The Bertz CT molecular complexity index is 635. The van der Waals surface area contributed by atoms with Crippen LogP contribution in [0, 0.1) is 6.92 Å². The van der Waals surface area contributed by atoms with Gasteiger partial charge in [-0.05, 0) is 13.0 Å². The molecule has 7 nitrogen and oxygen atoms in total. The van der Waals surface area contributed by atoms with Gasteiger partial charge < -0.3 is 19.3 Å². The van der Waals surface area contributed by atoms with E-state index < -0.39 is 0 Å². The van der Waals surface area contributed by atoms with E-state index in [1.54, 1.807) is 25.1 Å². The number of carbonyl (C=O) groups is 1. The van der Waals surface area contributed by atoms with Gasteiger partial charge in [0.2, 0.25) is 5.88 Å². The van der Waals surface area contributed by atoms with Gasteiger partial charge >= 0.3 is 0 Å². The van der Waals surface area contributed by atoms with Crippen molar-refractivity contribution in [2.24, 2.45) is 0 Å². The number of aryl methyl sites for hydroxylation is 1. The quantitative estimate of drug-likeness (QED) is 0.923. The third-order valence-electron chi connectivity index (χ3n) is 3.04. The van der Waals surface area contributed by atoms with E-state index in [0.29, 0.717) is 36.2 Å². The predicted molar refractivity (Wildman–Crippen MR) is 73.3 cm³/mol. The maximum absolute atomic E-state index is 12.1. The molecule has 0 unspecified atom stereocenters. The van der Waals surface area contributed by atoms with E-state index in [2.05, 4.69) is 15.5 Å². The largest absolute Gasteiger partial charge is 0.472 e. The zero-order valence-electron chi connectivity index (χ0n) is 11.5. The van der Waals surface area contributed by atoms with Crippen molar-refractivity contribution >= 4 is 11.7 Å². The average Bonchev–Trinajstić information content (AvgIpc) is 3.11. The van der Waals surface area contributed by atoms with E-state index in [1.807, 2.05) is 0 Å². The van der Waals surface area contributed by atoms with Crippen LogP contribution in [0.3, 0.4) is 0 Å². The molecule has 1 aliphatic heterocycles. The van der Waals surface area contributed by atoms with Crippen LogP contribution in [-0.2, 0) is 4.74 Å².